The smallest absolute Gasteiger partial charge is 0.00900 e. The zero-order valence-electron chi connectivity index (χ0n) is 11.5. The average molecular weight is 243 g/mol. The molecule has 16 heavy (non-hydrogen) atoms. The Kier molecular flexibility index (Phi) is 5.66. The molecule has 0 bridgehead atoms. The summed E-state index contributed by atoms with van der Waals surface area (Å²) >= 11 is 2.14. The number of rotatable bonds is 5. The van der Waals surface area contributed by atoms with Crippen molar-refractivity contribution in [3.05, 3.63) is 0 Å². The van der Waals surface area contributed by atoms with Gasteiger partial charge in [0.25, 0.3) is 0 Å². The Morgan fingerprint density at radius 1 is 1.25 bits per heavy atom. The molecule has 0 radical (unpaired) electrons. The molecule has 1 rings (SSSR count). The van der Waals surface area contributed by atoms with Crippen molar-refractivity contribution < 1.29 is 0 Å². The Balaban J connectivity index is 2.61. The van der Waals surface area contributed by atoms with Gasteiger partial charge in [0, 0.05) is 5.25 Å². The van der Waals surface area contributed by atoms with Crippen LogP contribution in [-0.4, -0.2) is 17.5 Å². The van der Waals surface area contributed by atoms with Gasteiger partial charge in [-0.15, -0.1) is 0 Å². The van der Waals surface area contributed by atoms with Crippen LogP contribution in [-0.2, 0) is 0 Å². The maximum absolute atomic E-state index is 5.90. The lowest BCUT2D eigenvalue weighted by atomic mass is 9.67. The molecule has 3 atom stereocenters. The molecule has 2 N–H and O–H groups in total. The van der Waals surface area contributed by atoms with E-state index in [-0.39, 0.29) is 0 Å². The molecule has 0 spiro atoms. The fourth-order valence-electron chi connectivity index (χ4n) is 2.88. The Hall–Kier alpha value is 0.310. The van der Waals surface area contributed by atoms with Crippen LogP contribution in [0.4, 0.5) is 0 Å². The molecular weight excluding hydrogens is 214 g/mol. The van der Waals surface area contributed by atoms with Gasteiger partial charge in [0.05, 0.1) is 0 Å². The Morgan fingerprint density at radius 3 is 2.44 bits per heavy atom. The highest BCUT2D eigenvalue weighted by Crippen LogP contribution is 2.45. The minimum Gasteiger partial charge on any atom is -0.330 e. The zero-order chi connectivity index (χ0) is 12.2. The fraction of sp³-hybridized carbons (Fsp3) is 1.00. The second kappa shape index (κ2) is 6.30. The first-order chi connectivity index (χ1) is 7.55. The van der Waals surface area contributed by atoms with Crippen molar-refractivity contribution >= 4 is 11.8 Å². The minimum absolute atomic E-state index is 0.520. The van der Waals surface area contributed by atoms with Gasteiger partial charge in [-0.05, 0) is 48.8 Å². The summed E-state index contributed by atoms with van der Waals surface area (Å²) < 4.78 is 0. The second-order valence-corrected chi connectivity index (χ2v) is 7.36. The summed E-state index contributed by atoms with van der Waals surface area (Å²) in [5, 5.41) is 0.819. The molecule has 0 aliphatic heterocycles. The molecule has 0 amide bonds. The van der Waals surface area contributed by atoms with E-state index in [0.29, 0.717) is 5.41 Å². The van der Waals surface area contributed by atoms with Crippen LogP contribution in [0.2, 0.25) is 0 Å². The summed E-state index contributed by atoms with van der Waals surface area (Å²) in [6.45, 7) is 10.4. The minimum atomic E-state index is 0.520. The lowest BCUT2D eigenvalue weighted by molar-refractivity contribution is 0.134. The predicted octanol–water partition coefficient (Wildman–Crippen LogP) is 3.92. The van der Waals surface area contributed by atoms with Gasteiger partial charge in [-0.25, -0.2) is 0 Å². The van der Waals surface area contributed by atoms with E-state index in [1.54, 1.807) is 0 Å². The van der Waals surface area contributed by atoms with Crippen LogP contribution < -0.4 is 5.73 Å². The third-order valence-corrected chi connectivity index (χ3v) is 5.97. The first-order valence-electron chi connectivity index (χ1n) is 6.86. The predicted molar refractivity (Wildman–Crippen MR) is 75.9 cm³/mol. The third-order valence-electron chi connectivity index (χ3n) is 4.63. The summed E-state index contributed by atoms with van der Waals surface area (Å²) in [6.07, 6.45) is 5.43. The number of thioether (sulfide) groups is 1. The molecule has 96 valence electrons. The van der Waals surface area contributed by atoms with Gasteiger partial charge in [0.1, 0.15) is 0 Å². The first-order valence-corrected chi connectivity index (χ1v) is 7.91. The van der Waals surface area contributed by atoms with Crippen molar-refractivity contribution in [2.75, 3.05) is 12.3 Å². The van der Waals surface area contributed by atoms with Crippen molar-refractivity contribution in [3.63, 3.8) is 0 Å². The highest BCUT2D eigenvalue weighted by atomic mass is 32.2. The van der Waals surface area contributed by atoms with Gasteiger partial charge in [0.15, 0.2) is 0 Å². The van der Waals surface area contributed by atoms with E-state index in [1.807, 2.05) is 0 Å². The summed E-state index contributed by atoms with van der Waals surface area (Å²) in [5.74, 6) is 2.92. The van der Waals surface area contributed by atoms with E-state index in [4.69, 9.17) is 5.73 Å². The highest BCUT2D eigenvalue weighted by Gasteiger charge is 2.36. The van der Waals surface area contributed by atoms with Crippen LogP contribution in [0.5, 0.6) is 0 Å². The van der Waals surface area contributed by atoms with Crippen LogP contribution in [0.3, 0.4) is 0 Å². The Bertz CT molecular complexity index is 203. The SMILES string of the molecule is CCSC1CC(C(C)(C)CC)CCC1CN. The summed E-state index contributed by atoms with van der Waals surface area (Å²) in [7, 11) is 0. The topological polar surface area (TPSA) is 26.0 Å². The number of hydrogen-bond donors (Lipinski definition) is 1. The van der Waals surface area contributed by atoms with Crippen LogP contribution in [0.25, 0.3) is 0 Å². The molecule has 1 saturated carbocycles. The molecule has 1 nitrogen and oxygen atoms in total. The number of hydrogen-bond acceptors (Lipinski definition) is 2. The molecule has 0 heterocycles. The molecule has 0 aromatic carbocycles. The first kappa shape index (κ1) is 14.4. The molecule has 0 aromatic heterocycles. The van der Waals surface area contributed by atoms with Crippen molar-refractivity contribution in [2.24, 2.45) is 23.0 Å². The maximum atomic E-state index is 5.90. The lowest BCUT2D eigenvalue weighted by Crippen LogP contribution is -2.37. The fourth-order valence-corrected chi connectivity index (χ4v) is 4.19. The monoisotopic (exact) mass is 243 g/mol. The second-order valence-electron chi connectivity index (χ2n) is 5.84. The van der Waals surface area contributed by atoms with Gasteiger partial charge >= 0.3 is 0 Å². The quantitative estimate of drug-likeness (QED) is 0.792. The van der Waals surface area contributed by atoms with Crippen molar-refractivity contribution in [1.82, 2.24) is 0 Å². The van der Waals surface area contributed by atoms with Crippen molar-refractivity contribution in [1.29, 1.82) is 0 Å². The van der Waals surface area contributed by atoms with E-state index < -0.39 is 0 Å². The van der Waals surface area contributed by atoms with Crippen molar-refractivity contribution in [3.8, 4) is 0 Å². The Morgan fingerprint density at radius 2 is 1.94 bits per heavy atom. The average Bonchev–Trinajstić information content (AvgIpc) is 2.29. The van der Waals surface area contributed by atoms with Crippen LogP contribution in [0.1, 0.15) is 53.4 Å². The highest BCUT2D eigenvalue weighted by molar-refractivity contribution is 7.99. The van der Waals surface area contributed by atoms with Crippen LogP contribution in [0.15, 0.2) is 0 Å². The Labute approximate surface area is 106 Å². The summed E-state index contributed by atoms with van der Waals surface area (Å²) in [4.78, 5) is 0. The van der Waals surface area contributed by atoms with Gasteiger partial charge < -0.3 is 5.73 Å². The molecular formula is C14H29NS. The maximum Gasteiger partial charge on any atom is 0.00900 e. The van der Waals surface area contributed by atoms with E-state index in [1.165, 1.54) is 31.4 Å². The molecule has 1 fully saturated rings. The van der Waals surface area contributed by atoms with Crippen molar-refractivity contribution in [2.45, 2.75) is 58.6 Å². The van der Waals surface area contributed by atoms with E-state index in [9.17, 15) is 0 Å². The molecule has 2 heteroatoms. The number of nitrogens with two attached hydrogens (primary N) is 1. The lowest BCUT2D eigenvalue weighted by Gasteiger charge is -2.42. The third kappa shape index (κ3) is 3.40. The molecule has 1 aliphatic rings. The van der Waals surface area contributed by atoms with Gasteiger partial charge in [-0.1, -0.05) is 34.1 Å². The summed E-state index contributed by atoms with van der Waals surface area (Å²) in [5.41, 5.74) is 6.42. The van der Waals surface area contributed by atoms with E-state index >= 15 is 0 Å². The molecule has 0 saturated heterocycles. The summed E-state index contributed by atoms with van der Waals surface area (Å²) in [6, 6.07) is 0. The van der Waals surface area contributed by atoms with Gasteiger partial charge in [-0.2, -0.15) is 11.8 Å². The largest absolute Gasteiger partial charge is 0.330 e. The van der Waals surface area contributed by atoms with Gasteiger partial charge in [0.2, 0.25) is 0 Å². The molecule has 1 aliphatic carbocycles. The van der Waals surface area contributed by atoms with E-state index in [2.05, 4.69) is 39.5 Å². The van der Waals surface area contributed by atoms with E-state index in [0.717, 1.165) is 23.6 Å². The normalized spacial score (nSPS) is 31.7. The molecule has 0 aromatic rings. The standard InChI is InChI=1S/C14H29NS/c1-5-14(3,4)12-8-7-11(10-15)13(9-12)16-6-2/h11-13H,5-10,15H2,1-4H3. The zero-order valence-corrected chi connectivity index (χ0v) is 12.3. The van der Waals surface area contributed by atoms with Gasteiger partial charge in [-0.3, -0.25) is 0 Å². The molecule has 3 unspecified atom stereocenters. The van der Waals surface area contributed by atoms with Crippen LogP contribution in [0, 0.1) is 17.3 Å². The van der Waals surface area contributed by atoms with Crippen LogP contribution >= 0.6 is 11.8 Å².